The zero-order chi connectivity index (χ0) is 15.2. The van der Waals surface area contributed by atoms with E-state index in [1.54, 1.807) is 4.90 Å². The van der Waals surface area contributed by atoms with Crippen LogP contribution >= 0.6 is 0 Å². The van der Waals surface area contributed by atoms with Crippen LogP contribution in [0.4, 0.5) is 9.18 Å². The standard InChI is InChI=1S/C18H24FNO2/c1-17(2,3)22-16(21)20-6-7(19)4-8(20)5-18-13-10-9-11(13)15(18)12(9)14(10)18/h7-15H,4-6H2,1-3H3/t7-,8-,9?,10?,11?,12?,13?,14?,15?,18?/m1/s1. The largest absolute Gasteiger partial charge is 0.444 e. The Labute approximate surface area is 130 Å². The second-order valence-electron chi connectivity index (χ2n) is 9.82. The van der Waals surface area contributed by atoms with E-state index in [1.807, 2.05) is 20.8 Å². The fraction of sp³-hybridized carbons (Fsp3) is 0.944. The molecule has 1 amide bonds. The molecular formula is C18H24FNO2. The van der Waals surface area contributed by atoms with E-state index < -0.39 is 11.8 Å². The number of hydrogen-bond donors (Lipinski definition) is 0. The first-order valence-electron chi connectivity index (χ1n) is 8.98. The number of carbonyl (C=O) groups excluding carboxylic acids is 1. The zero-order valence-electron chi connectivity index (χ0n) is 13.5. The maximum Gasteiger partial charge on any atom is 0.410 e. The van der Waals surface area contributed by atoms with Crippen LogP contribution in [0.15, 0.2) is 0 Å². The van der Waals surface area contributed by atoms with Gasteiger partial charge in [0.15, 0.2) is 0 Å². The molecule has 0 aromatic heterocycles. The summed E-state index contributed by atoms with van der Waals surface area (Å²) >= 11 is 0. The van der Waals surface area contributed by atoms with Crippen molar-refractivity contribution < 1.29 is 13.9 Å². The molecule has 1 saturated heterocycles. The summed E-state index contributed by atoms with van der Waals surface area (Å²) < 4.78 is 19.5. The summed E-state index contributed by atoms with van der Waals surface area (Å²) in [7, 11) is 0. The fourth-order valence-electron chi connectivity index (χ4n) is 8.08. The summed E-state index contributed by atoms with van der Waals surface area (Å²) in [4.78, 5) is 14.1. The molecule has 0 aromatic carbocycles. The molecule has 2 atom stereocenters. The molecule has 1 heterocycles. The third-order valence-electron chi connectivity index (χ3n) is 8.26. The van der Waals surface area contributed by atoms with Gasteiger partial charge in [0.05, 0.1) is 6.54 Å². The van der Waals surface area contributed by atoms with Crippen molar-refractivity contribution >= 4 is 6.09 Å². The number of halogens is 1. The lowest BCUT2D eigenvalue weighted by Gasteiger charge is -3.08. The van der Waals surface area contributed by atoms with Gasteiger partial charge in [-0.3, -0.25) is 0 Å². The number of likely N-dealkylation sites (tertiary alicyclic amines) is 1. The third-order valence-corrected chi connectivity index (χ3v) is 8.26. The second-order valence-corrected chi connectivity index (χ2v) is 9.82. The van der Waals surface area contributed by atoms with Crippen LogP contribution in [0.2, 0.25) is 0 Å². The quantitative estimate of drug-likeness (QED) is 0.784. The number of alkyl halides is 1. The molecule has 120 valence electrons. The van der Waals surface area contributed by atoms with E-state index in [0.29, 0.717) is 11.8 Å². The number of nitrogens with zero attached hydrogens (tertiary/aromatic N) is 1. The normalized spacial score (nSPS) is 61.3. The highest BCUT2D eigenvalue weighted by Crippen LogP contribution is 3.06. The van der Waals surface area contributed by atoms with Crippen LogP contribution in [0.25, 0.3) is 0 Å². The van der Waals surface area contributed by atoms with Crippen molar-refractivity contribution in [3.05, 3.63) is 0 Å². The van der Waals surface area contributed by atoms with Crippen LogP contribution in [-0.4, -0.2) is 35.4 Å². The molecule has 0 aromatic rings. The van der Waals surface area contributed by atoms with Gasteiger partial charge in [-0.25, -0.2) is 9.18 Å². The lowest BCUT2D eigenvalue weighted by molar-refractivity contribution is -0.616. The number of rotatable bonds is 2. The van der Waals surface area contributed by atoms with Gasteiger partial charge in [-0.05, 0) is 74.0 Å². The van der Waals surface area contributed by atoms with Gasteiger partial charge < -0.3 is 9.64 Å². The molecule has 0 spiro atoms. The van der Waals surface area contributed by atoms with Crippen molar-refractivity contribution in [3.8, 4) is 0 Å². The number of hydrogen-bond acceptors (Lipinski definition) is 2. The SMILES string of the molecule is CC(C)(C)OC(=O)N1C[C@H](F)C[C@@H]1CC12C3C4C5C3C1C5C42. The predicted octanol–water partition coefficient (Wildman–Crippen LogP) is 3.09. The molecule has 0 N–H and O–H groups in total. The molecule has 7 aliphatic rings. The third kappa shape index (κ3) is 1.01. The minimum absolute atomic E-state index is 0.0786. The zero-order valence-corrected chi connectivity index (χ0v) is 13.5. The van der Waals surface area contributed by atoms with E-state index in [0.717, 1.165) is 47.8 Å². The van der Waals surface area contributed by atoms with Crippen molar-refractivity contribution in [2.75, 3.05) is 6.54 Å². The molecule has 3 nitrogen and oxygen atoms in total. The first-order chi connectivity index (χ1) is 10.3. The number of amides is 1. The minimum atomic E-state index is -0.870. The second kappa shape index (κ2) is 3.21. The summed E-state index contributed by atoms with van der Waals surface area (Å²) in [6.45, 7) is 5.86. The van der Waals surface area contributed by atoms with E-state index >= 15 is 0 Å². The molecule has 0 radical (unpaired) electrons. The van der Waals surface area contributed by atoms with Gasteiger partial charge in [-0.1, -0.05) is 0 Å². The molecule has 0 bridgehead atoms. The van der Waals surface area contributed by atoms with Crippen molar-refractivity contribution in [1.82, 2.24) is 4.90 Å². The van der Waals surface area contributed by atoms with Crippen LogP contribution in [0, 0.1) is 46.8 Å². The van der Waals surface area contributed by atoms with Crippen LogP contribution in [-0.2, 0) is 4.74 Å². The maximum absolute atomic E-state index is 14.0. The lowest BCUT2D eigenvalue weighted by Crippen LogP contribution is -3.05. The van der Waals surface area contributed by atoms with Crippen molar-refractivity contribution in [1.29, 1.82) is 0 Å². The van der Waals surface area contributed by atoms with Gasteiger partial charge in [-0.15, -0.1) is 0 Å². The Morgan fingerprint density at radius 2 is 1.77 bits per heavy atom. The monoisotopic (exact) mass is 305 g/mol. The van der Waals surface area contributed by atoms with Gasteiger partial charge >= 0.3 is 6.09 Å². The van der Waals surface area contributed by atoms with E-state index in [-0.39, 0.29) is 18.7 Å². The molecular weight excluding hydrogens is 281 g/mol. The van der Waals surface area contributed by atoms with Gasteiger partial charge in [-0.2, -0.15) is 0 Å². The first-order valence-corrected chi connectivity index (χ1v) is 8.98. The van der Waals surface area contributed by atoms with Crippen LogP contribution in [0.5, 0.6) is 0 Å². The van der Waals surface area contributed by atoms with Gasteiger partial charge in [0.1, 0.15) is 11.8 Å². The molecule has 4 heteroatoms. The topological polar surface area (TPSA) is 29.5 Å². The number of ether oxygens (including phenoxy) is 1. The highest BCUT2D eigenvalue weighted by Gasteiger charge is 3.03. The highest BCUT2D eigenvalue weighted by molar-refractivity contribution is 5.69. The smallest absolute Gasteiger partial charge is 0.410 e. The molecule has 6 saturated carbocycles. The molecule has 7 rings (SSSR count). The minimum Gasteiger partial charge on any atom is -0.444 e. The summed E-state index contributed by atoms with van der Waals surface area (Å²) in [5.41, 5.74) is 0.0427. The van der Waals surface area contributed by atoms with Gasteiger partial charge in [0.2, 0.25) is 0 Å². The summed E-state index contributed by atoms with van der Waals surface area (Å²) in [6, 6.07) is 0.0786. The number of carbonyl (C=O) groups is 1. The van der Waals surface area contributed by atoms with Crippen molar-refractivity contribution in [2.45, 2.75) is 51.4 Å². The molecule has 7 fully saturated rings. The van der Waals surface area contributed by atoms with Crippen molar-refractivity contribution in [2.24, 2.45) is 46.8 Å². The molecule has 6 aliphatic carbocycles. The van der Waals surface area contributed by atoms with Gasteiger partial charge in [0, 0.05) is 12.5 Å². The van der Waals surface area contributed by atoms with E-state index in [9.17, 15) is 9.18 Å². The highest BCUT2D eigenvalue weighted by atomic mass is 19.1. The van der Waals surface area contributed by atoms with Crippen LogP contribution in [0.1, 0.15) is 33.6 Å². The predicted molar refractivity (Wildman–Crippen MR) is 77.7 cm³/mol. The summed E-state index contributed by atoms with van der Waals surface area (Å²) in [5.74, 6) is 7.18. The van der Waals surface area contributed by atoms with E-state index in [4.69, 9.17) is 4.74 Å². The first kappa shape index (κ1) is 12.6. The Kier molecular flexibility index (Phi) is 1.84. The van der Waals surface area contributed by atoms with E-state index in [2.05, 4.69) is 0 Å². The van der Waals surface area contributed by atoms with Crippen molar-refractivity contribution in [3.63, 3.8) is 0 Å². The maximum atomic E-state index is 14.0. The Bertz CT molecular complexity index is 546. The van der Waals surface area contributed by atoms with Gasteiger partial charge in [0.25, 0.3) is 0 Å². The summed E-state index contributed by atoms with van der Waals surface area (Å²) in [6.07, 6.45) is 0.402. The summed E-state index contributed by atoms with van der Waals surface area (Å²) in [5, 5.41) is 0. The Balaban J connectivity index is 1.20. The van der Waals surface area contributed by atoms with Crippen LogP contribution < -0.4 is 0 Å². The van der Waals surface area contributed by atoms with E-state index in [1.165, 1.54) is 0 Å². The average molecular weight is 305 g/mol. The fourth-order valence-corrected chi connectivity index (χ4v) is 8.08. The Hall–Kier alpha value is -0.800. The average Bonchev–Trinajstić information content (AvgIpc) is 2.78. The Morgan fingerprint density at radius 1 is 1.18 bits per heavy atom. The molecule has 22 heavy (non-hydrogen) atoms. The molecule has 1 aliphatic heterocycles. The lowest BCUT2D eigenvalue weighted by atomic mass is 8.96. The molecule has 0 unspecified atom stereocenters. The van der Waals surface area contributed by atoms with Crippen LogP contribution in [0.3, 0.4) is 0 Å². The Morgan fingerprint density at radius 3 is 2.32 bits per heavy atom.